The maximum absolute atomic E-state index is 4.55. The van der Waals surface area contributed by atoms with Crippen molar-refractivity contribution >= 4 is 28.6 Å². The molecule has 2 atom stereocenters. The number of hydrogen-bond acceptors (Lipinski definition) is 3. The summed E-state index contributed by atoms with van der Waals surface area (Å²) in [6.45, 7) is 6.53. The molecule has 0 saturated carbocycles. The van der Waals surface area contributed by atoms with Crippen molar-refractivity contribution in [1.82, 2.24) is 0 Å². The molecule has 0 aliphatic carbocycles. The molecule has 2 aliphatic rings. The predicted octanol–water partition coefficient (Wildman–Crippen LogP) is 2.89. The van der Waals surface area contributed by atoms with Gasteiger partial charge < -0.3 is 0 Å². The zero-order chi connectivity index (χ0) is 8.01. The molecule has 0 fully saturated rings. The molecule has 0 N–H and O–H groups in total. The predicted molar refractivity (Wildman–Crippen MR) is 54.2 cm³/mol. The Kier molecular flexibility index (Phi) is 1.80. The quantitative estimate of drug-likeness (QED) is 0.575. The number of rotatable bonds is 0. The van der Waals surface area contributed by atoms with Crippen molar-refractivity contribution in [2.45, 2.75) is 31.4 Å². The first-order valence-corrected chi connectivity index (χ1v) is 5.49. The highest BCUT2D eigenvalue weighted by Crippen LogP contribution is 2.47. The van der Waals surface area contributed by atoms with Crippen LogP contribution in [0.3, 0.4) is 0 Å². The summed E-state index contributed by atoms with van der Waals surface area (Å²) in [7, 11) is 0. The Hall–Kier alpha value is 0.110. The van der Waals surface area contributed by atoms with Gasteiger partial charge in [0.1, 0.15) is 5.37 Å². The molecular weight excluding hydrogens is 174 g/mol. The van der Waals surface area contributed by atoms with Crippen LogP contribution in [0, 0.1) is 0 Å². The van der Waals surface area contributed by atoms with E-state index >= 15 is 0 Å². The maximum atomic E-state index is 4.55. The third-order valence-electron chi connectivity index (χ3n) is 2.15. The molecule has 2 unspecified atom stereocenters. The lowest BCUT2D eigenvalue weighted by Gasteiger charge is -2.05. The van der Waals surface area contributed by atoms with Gasteiger partial charge in [0.2, 0.25) is 0 Å². The van der Waals surface area contributed by atoms with E-state index in [1.807, 2.05) is 23.5 Å². The summed E-state index contributed by atoms with van der Waals surface area (Å²) in [5.41, 5.74) is 1.53. The molecule has 0 aromatic heterocycles. The van der Waals surface area contributed by atoms with Gasteiger partial charge in [0.05, 0.1) is 10.3 Å². The summed E-state index contributed by atoms with van der Waals surface area (Å²) in [5.74, 6) is 0. The molecule has 0 aromatic rings. The fraction of sp³-hybridized carbons (Fsp3) is 0.625. The Balaban J connectivity index is 2.24. The summed E-state index contributed by atoms with van der Waals surface area (Å²) in [6, 6.07) is 0. The average molecular weight is 185 g/mol. The molecule has 3 heteroatoms. The number of fused-ring (bicyclic) bond motifs is 1. The second-order valence-corrected chi connectivity index (χ2v) is 5.60. The third-order valence-corrected chi connectivity index (χ3v) is 4.92. The fourth-order valence-electron chi connectivity index (χ4n) is 1.38. The summed E-state index contributed by atoms with van der Waals surface area (Å²) >= 11 is 3.84. The smallest absolute Gasteiger partial charge is 0.116 e. The van der Waals surface area contributed by atoms with E-state index in [2.05, 4.69) is 25.8 Å². The molecule has 0 bridgehead atoms. The summed E-state index contributed by atoms with van der Waals surface area (Å²) in [6.07, 6.45) is 0. The lowest BCUT2D eigenvalue weighted by atomic mass is 10.2. The lowest BCUT2D eigenvalue weighted by molar-refractivity contribution is 0.947. The van der Waals surface area contributed by atoms with Crippen LogP contribution >= 0.6 is 23.5 Å². The zero-order valence-corrected chi connectivity index (χ0v) is 8.55. The van der Waals surface area contributed by atoms with Gasteiger partial charge in [-0.15, -0.1) is 23.5 Å². The van der Waals surface area contributed by atoms with E-state index in [1.165, 1.54) is 15.5 Å². The first kappa shape index (κ1) is 7.74. The standard InChI is InChI=1S/C8H11NS2/c1-4-5(2)10-8-7(4)11-6(3)9-8/h7-8H,1-3H3. The van der Waals surface area contributed by atoms with Crippen LogP contribution in [-0.4, -0.2) is 15.7 Å². The minimum absolute atomic E-state index is 0.500. The van der Waals surface area contributed by atoms with Crippen molar-refractivity contribution in [1.29, 1.82) is 0 Å². The van der Waals surface area contributed by atoms with E-state index in [4.69, 9.17) is 0 Å². The largest absolute Gasteiger partial charge is 0.267 e. The highest BCUT2D eigenvalue weighted by Gasteiger charge is 2.36. The molecule has 0 amide bonds. The molecule has 2 aliphatic heterocycles. The SMILES string of the molecule is CC1=NC2SC(C)=C(C)C2S1. The Bertz CT molecular complexity index is 255. The van der Waals surface area contributed by atoms with Gasteiger partial charge in [0, 0.05) is 0 Å². The number of allylic oxidation sites excluding steroid dienone is 1. The molecule has 0 saturated heterocycles. The number of hydrogen-bond donors (Lipinski definition) is 0. The van der Waals surface area contributed by atoms with Crippen LogP contribution in [0.2, 0.25) is 0 Å². The molecule has 11 heavy (non-hydrogen) atoms. The van der Waals surface area contributed by atoms with E-state index < -0.39 is 0 Å². The summed E-state index contributed by atoms with van der Waals surface area (Å²) < 4.78 is 0. The topological polar surface area (TPSA) is 12.4 Å². The van der Waals surface area contributed by atoms with Gasteiger partial charge in [-0.2, -0.15) is 0 Å². The van der Waals surface area contributed by atoms with Crippen molar-refractivity contribution < 1.29 is 0 Å². The van der Waals surface area contributed by atoms with Crippen molar-refractivity contribution in [3.8, 4) is 0 Å². The van der Waals surface area contributed by atoms with Crippen LogP contribution in [0.1, 0.15) is 20.8 Å². The maximum Gasteiger partial charge on any atom is 0.116 e. The third kappa shape index (κ3) is 1.14. The van der Waals surface area contributed by atoms with Gasteiger partial charge in [-0.05, 0) is 31.2 Å². The average Bonchev–Trinajstić information content (AvgIpc) is 2.37. The number of nitrogens with zero attached hydrogens (tertiary/aromatic N) is 1. The fourth-order valence-corrected chi connectivity index (χ4v) is 4.15. The minimum Gasteiger partial charge on any atom is -0.267 e. The molecule has 0 aromatic carbocycles. The Labute approximate surface area is 75.7 Å². The highest BCUT2D eigenvalue weighted by atomic mass is 32.2. The zero-order valence-electron chi connectivity index (χ0n) is 6.92. The van der Waals surface area contributed by atoms with Crippen LogP contribution in [0.25, 0.3) is 0 Å². The van der Waals surface area contributed by atoms with Crippen LogP contribution < -0.4 is 0 Å². The molecular formula is C8H11NS2. The number of thioether (sulfide) groups is 2. The normalized spacial score (nSPS) is 36.1. The molecule has 1 nitrogen and oxygen atoms in total. The minimum atomic E-state index is 0.500. The van der Waals surface area contributed by atoms with E-state index in [9.17, 15) is 0 Å². The van der Waals surface area contributed by atoms with Crippen LogP contribution in [0.5, 0.6) is 0 Å². The molecule has 2 heterocycles. The van der Waals surface area contributed by atoms with Crippen molar-refractivity contribution in [2.24, 2.45) is 4.99 Å². The van der Waals surface area contributed by atoms with Gasteiger partial charge in [-0.25, -0.2) is 0 Å². The Morgan fingerprint density at radius 2 is 1.91 bits per heavy atom. The lowest BCUT2D eigenvalue weighted by Crippen LogP contribution is -2.08. The van der Waals surface area contributed by atoms with Gasteiger partial charge in [-0.3, -0.25) is 4.99 Å². The van der Waals surface area contributed by atoms with Crippen LogP contribution in [-0.2, 0) is 0 Å². The Morgan fingerprint density at radius 1 is 1.18 bits per heavy atom. The number of aliphatic imine (C=N–C) groups is 1. The van der Waals surface area contributed by atoms with Gasteiger partial charge >= 0.3 is 0 Å². The van der Waals surface area contributed by atoms with Crippen molar-refractivity contribution in [3.63, 3.8) is 0 Å². The molecule has 2 rings (SSSR count). The van der Waals surface area contributed by atoms with Crippen molar-refractivity contribution in [3.05, 3.63) is 10.5 Å². The molecule has 0 radical (unpaired) electrons. The second-order valence-electron chi connectivity index (χ2n) is 2.93. The van der Waals surface area contributed by atoms with Gasteiger partial charge in [0.15, 0.2) is 0 Å². The summed E-state index contributed by atoms with van der Waals surface area (Å²) in [5, 5.41) is 2.40. The van der Waals surface area contributed by atoms with E-state index in [-0.39, 0.29) is 0 Å². The van der Waals surface area contributed by atoms with Crippen molar-refractivity contribution in [2.75, 3.05) is 0 Å². The van der Waals surface area contributed by atoms with E-state index in [0.29, 0.717) is 10.6 Å². The molecule has 60 valence electrons. The van der Waals surface area contributed by atoms with E-state index in [0.717, 1.165) is 0 Å². The Morgan fingerprint density at radius 3 is 2.55 bits per heavy atom. The second kappa shape index (κ2) is 2.56. The van der Waals surface area contributed by atoms with Crippen LogP contribution in [0.15, 0.2) is 15.5 Å². The first-order chi connectivity index (χ1) is 5.18. The monoisotopic (exact) mass is 185 g/mol. The van der Waals surface area contributed by atoms with Gasteiger partial charge in [-0.1, -0.05) is 0 Å². The van der Waals surface area contributed by atoms with E-state index in [1.54, 1.807) is 0 Å². The van der Waals surface area contributed by atoms with Crippen LogP contribution in [0.4, 0.5) is 0 Å². The molecule has 0 spiro atoms. The van der Waals surface area contributed by atoms with Gasteiger partial charge in [0.25, 0.3) is 0 Å². The highest BCUT2D eigenvalue weighted by molar-refractivity contribution is 8.16. The summed E-state index contributed by atoms with van der Waals surface area (Å²) in [4.78, 5) is 6.03. The first-order valence-electron chi connectivity index (χ1n) is 3.73.